The minimum atomic E-state index is 0.367. The van der Waals surface area contributed by atoms with Crippen LogP contribution in [0, 0.1) is 10.8 Å². The Morgan fingerprint density at radius 2 is 1.93 bits per heavy atom. The molecule has 150 valence electrons. The standard InChI is InChI=1S/C21H36N6/c1-20(2)11-16-12-21(3,13-20)14-27(16)19-17(22)18(24-15-25-19)23-7-10-26-8-5-4-6-9-26/h15-16H,4-14,22H2,1-3H3,(H,23,24,25). The van der Waals surface area contributed by atoms with Crippen molar-refractivity contribution in [3.8, 4) is 0 Å². The van der Waals surface area contributed by atoms with Crippen LogP contribution in [0.5, 0.6) is 0 Å². The van der Waals surface area contributed by atoms with Gasteiger partial charge in [0.2, 0.25) is 0 Å². The number of nitrogen functional groups attached to an aromatic ring is 1. The molecule has 3 N–H and O–H groups in total. The SMILES string of the molecule is CC1(C)CC2CC(C)(CN2c2ncnc(NCCN3CCCCC3)c2N)C1. The van der Waals surface area contributed by atoms with Crippen LogP contribution in [-0.2, 0) is 0 Å². The first kappa shape index (κ1) is 18.8. The Hall–Kier alpha value is -1.56. The fraction of sp³-hybridized carbons (Fsp3) is 0.810. The summed E-state index contributed by atoms with van der Waals surface area (Å²) in [5.74, 6) is 1.72. The van der Waals surface area contributed by atoms with Gasteiger partial charge in [-0.3, -0.25) is 0 Å². The molecule has 1 saturated carbocycles. The lowest BCUT2D eigenvalue weighted by Gasteiger charge is -2.39. The molecule has 0 spiro atoms. The summed E-state index contributed by atoms with van der Waals surface area (Å²) in [6.45, 7) is 12.7. The van der Waals surface area contributed by atoms with E-state index in [0.717, 1.165) is 31.3 Å². The zero-order valence-corrected chi connectivity index (χ0v) is 17.3. The normalized spacial score (nSPS) is 30.5. The first-order chi connectivity index (χ1) is 12.9. The topological polar surface area (TPSA) is 70.3 Å². The first-order valence-corrected chi connectivity index (χ1v) is 10.7. The van der Waals surface area contributed by atoms with E-state index in [1.807, 2.05) is 0 Å². The number of nitrogens with zero attached hydrogens (tertiary/aromatic N) is 4. The number of hydrogen-bond acceptors (Lipinski definition) is 6. The second-order valence-electron chi connectivity index (χ2n) is 10.1. The van der Waals surface area contributed by atoms with Crippen LogP contribution in [0.25, 0.3) is 0 Å². The number of nitrogens with two attached hydrogens (primary N) is 1. The number of aromatic nitrogens is 2. The van der Waals surface area contributed by atoms with Crippen molar-refractivity contribution in [2.24, 2.45) is 10.8 Å². The van der Waals surface area contributed by atoms with Crippen molar-refractivity contribution in [1.29, 1.82) is 0 Å². The molecule has 27 heavy (non-hydrogen) atoms. The summed E-state index contributed by atoms with van der Waals surface area (Å²) in [7, 11) is 0. The van der Waals surface area contributed by atoms with Crippen LogP contribution in [-0.4, -0.2) is 53.6 Å². The minimum absolute atomic E-state index is 0.367. The first-order valence-electron chi connectivity index (χ1n) is 10.7. The van der Waals surface area contributed by atoms with Gasteiger partial charge in [-0.2, -0.15) is 0 Å². The van der Waals surface area contributed by atoms with Gasteiger partial charge < -0.3 is 20.9 Å². The molecule has 2 bridgehead atoms. The zero-order chi connectivity index (χ0) is 19.1. The maximum Gasteiger partial charge on any atom is 0.157 e. The van der Waals surface area contributed by atoms with E-state index in [1.165, 1.54) is 51.6 Å². The zero-order valence-electron chi connectivity index (χ0n) is 17.3. The Kier molecular flexibility index (Phi) is 4.95. The maximum atomic E-state index is 6.53. The van der Waals surface area contributed by atoms with Crippen molar-refractivity contribution >= 4 is 17.3 Å². The van der Waals surface area contributed by atoms with Crippen LogP contribution in [0.3, 0.4) is 0 Å². The monoisotopic (exact) mass is 372 g/mol. The van der Waals surface area contributed by atoms with Gasteiger partial charge in [0.05, 0.1) is 0 Å². The van der Waals surface area contributed by atoms with Crippen LogP contribution in [0.4, 0.5) is 17.3 Å². The van der Waals surface area contributed by atoms with E-state index in [0.29, 0.717) is 22.6 Å². The molecule has 2 saturated heterocycles. The number of anilines is 3. The fourth-order valence-corrected chi connectivity index (χ4v) is 5.98. The van der Waals surface area contributed by atoms with E-state index in [2.05, 4.69) is 45.9 Å². The van der Waals surface area contributed by atoms with Crippen molar-refractivity contribution in [2.45, 2.75) is 65.3 Å². The van der Waals surface area contributed by atoms with Gasteiger partial charge in [-0.15, -0.1) is 0 Å². The molecule has 2 atom stereocenters. The molecule has 2 aliphatic heterocycles. The molecule has 0 aromatic carbocycles. The van der Waals surface area contributed by atoms with Gasteiger partial charge >= 0.3 is 0 Å². The molecular formula is C21H36N6. The van der Waals surface area contributed by atoms with Gasteiger partial charge in [-0.25, -0.2) is 9.97 Å². The van der Waals surface area contributed by atoms with Gasteiger partial charge in [-0.05, 0) is 56.0 Å². The van der Waals surface area contributed by atoms with Gasteiger partial charge in [0.1, 0.15) is 12.0 Å². The number of hydrogen-bond donors (Lipinski definition) is 2. The highest BCUT2D eigenvalue weighted by atomic mass is 15.3. The number of rotatable bonds is 5. The van der Waals surface area contributed by atoms with Crippen LogP contribution < -0.4 is 16.0 Å². The molecule has 1 aromatic heterocycles. The third-order valence-electron chi connectivity index (χ3n) is 6.72. The summed E-state index contributed by atoms with van der Waals surface area (Å²) in [4.78, 5) is 14.0. The summed E-state index contributed by atoms with van der Waals surface area (Å²) < 4.78 is 0. The van der Waals surface area contributed by atoms with Crippen molar-refractivity contribution in [3.05, 3.63) is 6.33 Å². The lowest BCUT2D eigenvalue weighted by Crippen LogP contribution is -2.35. The molecular weight excluding hydrogens is 336 g/mol. The van der Waals surface area contributed by atoms with Gasteiger partial charge in [0, 0.05) is 25.7 Å². The Bertz CT molecular complexity index is 669. The maximum absolute atomic E-state index is 6.53. The Morgan fingerprint density at radius 1 is 1.15 bits per heavy atom. The number of likely N-dealkylation sites (tertiary alicyclic amines) is 1. The van der Waals surface area contributed by atoms with Gasteiger partial charge in [0.25, 0.3) is 0 Å². The predicted octanol–water partition coefficient (Wildman–Crippen LogP) is 3.36. The predicted molar refractivity (Wildman–Crippen MR) is 112 cm³/mol. The van der Waals surface area contributed by atoms with Crippen LogP contribution in [0.1, 0.15) is 59.3 Å². The Balaban J connectivity index is 1.44. The molecule has 0 amide bonds. The third kappa shape index (κ3) is 4.00. The number of nitrogens with one attached hydrogen (secondary N) is 1. The van der Waals surface area contributed by atoms with Crippen molar-refractivity contribution in [1.82, 2.24) is 14.9 Å². The Labute approximate surface area is 163 Å². The molecule has 0 radical (unpaired) electrons. The molecule has 3 fully saturated rings. The van der Waals surface area contributed by atoms with Crippen molar-refractivity contribution in [2.75, 3.05) is 48.7 Å². The lowest BCUT2D eigenvalue weighted by atomic mass is 9.65. The van der Waals surface area contributed by atoms with E-state index in [1.54, 1.807) is 6.33 Å². The molecule has 1 aromatic rings. The lowest BCUT2D eigenvalue weighted by molar-refractivity contribution is 0.136. The fourth-order valence-electron chi connectivity index (χ4n) is 5.98. The van der Waals surface area contributed by atoms with Crippen LogP contribution >= 0.6 is 0 Å². The summed E-state index contributed by atoms with van der Waals surface area (Å²) in [5.41, 5.74) is 8.01. The smallest absolute Gasteiger partial charge is 0.157 e. The van der Waals surface area contributed by atoms with Gasteiger partial charge in [0.15, 0.2) is 11.6 Å². The summed E-state index contributed by atoms with van der Waals surface area (Å²) >= 11 is 0. The molecule has 3 aliphatic rings. The molecule has 4 rings (SSSR count). The highest BCUT2D eigenvalue weighted by molar-refractivity contribution is 5.75. The van der Waals surface area contributed by atoms with Crippen LogP contribution in [0.2, 0.25) is 0 Å². The van der Waals surface area contributed by atoms with E-state index in [9.17, 15) is 0 Å². The minimum Gasteiger partial charge on any atom is -0.393 e. The number of fused-ring (bicyclic) bond motifs is 2. The second kappa shape index (κ2) is 7.12. The van der Waals surface area contributed by atoms with Crippen molar-refractivity contribution in [3.63, 3.8) is 0 Å². The van der Waals surface area contributed by atoms with Gasteiger partial charge in [-0.1, -0.05) is 27.2 Å². The van der Waals surface area contributed by atoms with E-state index < -0.39 is 0 Å². The van der Waals surface area contributed by atoms with E-state index >= 15 is 0 Å². The highest BCUT2D eigenvalue weighted by Gasteiger charge is 2.50. The molecule has 6 nitrogen and oxygen atoms in total. The average molecular weight is 373 g/mol. The Morgan fingerprint density at radius 3 is 2.70 bits per heavy atom. The summed E-state index contributed by atoms with van der Waals surface area (Å²) in [6.07, 6.45) is 9.43. The number of piperidine rings is 1. The average Bonchev–Trinajstić information content (AvgIpc) is 2.86. The molecule has 3 heterocycles. The largest absolute Gasteiger partial charge is 0.393 e. The van der Waals surface area contributed by atoms with Crippen LogP contribution in [0.15, 0.2) is 6.33 Å². The quantitative estimate of drug-likeness (QED) is 0.826. The molecule has 1 aliphatic carbocycles. The molecule has 6 heteroatoms. The summed E-state index contributed by atoms with van der Waals surface area (Å²) in [5, 5.41) is 3.47. The van der Waals surface area contributed by atoms with Crippen molar-refractivity contribution < 1.29 is 0 Å². The van der Waals surface area contributed by atoms with E-state index in [-0.39, 0.29) is 0 Å². The van der Waals surface area contributed by atoms with E-state index in [4.69, 9.17) is 5.73 Å². The molecule has 2 unspecified atom stereocenters. The second-order valence-corrected chi connectivity index (χ2v) is 10.1. The summed E-state index contributed by atoms with van der Waals surface area (Å²) in [6, 6.07) is 0.539. The third-order valence-corrected chi connectivity index (χ3v) is 6.72. The highest BCUT2D eigenvalue weighted by Crippen LogP contribution is 2.53.